The van der Waals surface area contributed by atoms with E-state index in [9.17, 15) is 14.7 Å². The van der Waals surface area contributed by atoms with Gasteiger partial charge in [-0.05, 0) is 63.6 Å². The Morgan fingerprint density at radius 1 is 1.32 bits per heavy atom. The molecule has 138 valence electrons. The highest BCUT2D eigenvalue weighted by Gasteiger charge is 2.34. The first-order valence-corrected chi connectivity index (χ1v) is 9.40. The Hall–Kier alpha value is -1.56. The summed E-state index contributed by atoms with van der Waals surface area (Å²) < 4.78 is 6.35. The van der Waals surface area contributed by atoms with Crippen LogP contribution in [0.2, 0.25) is 0 Å². The molecule has 0 unspecified atom stereocenters. The number of nitrogens with zero attached hydrogens (tertiary/aromatic N) is 1. The van der Waals surface area contributed by atoms with Crippen molar-refractivity contribution >= 4 is 28.0 Å². The van der Waals surface area contributed by atoms with Crippen LogP contribution in [0, 0.1) is 11.8 Å². The SMILES string of the molecule is CC(C)(C)OC(=O)N1CCC([C@H](Cc2cccc(Br)c2)C(=O)O)CC1. The first-order chi connectivity index (χ1) is 11.7. The monoisotopic (exact) mass is 411 g/mol. The number of carboxylic acid groups (broad SMARTS) is 1. The van der Waals surface area contributed by atoms with E-state index in [0.717, 1.165) is 10.0 Å². The number of benzene rings is 1. The number of piperidine rings is 1. The Bertz CT molecular complexity index is 618. The molecule has 1 fully saturated rings. The van der Waals surface area contributed by atoms with Crippen LogP contribution < -0.4 is 0 Å². The zero-order chi connectivity index (χ0) is 18.6. The van der Waals surface area contributed by atoms with Gasteiger partial charge >= 0.3 is 12.1 Å². The number of likely N-dealkylation sites (tertiary alicyclic amines) is 1. The summed E-state index contributed by atoms with van der Waals surface area (Å²) >= 11 is 3.43. The van der Waals surface area contributed by atoms with E-state index in [4.69, 9.17) is 4.74 Å². The van der Waals surface area contributed by atoms with Crippen molar-refractivity contribution in [2.75, 3.05) is 13.1 Å². The van der Waals surface area contributed by atoms with Crippen molar-refractivity contribution in [2.45, 2.75) is 45.6 Å². The van der Waals surface area contributed by atoms with Gasteiger partial charge in [-0.1, -0.05) is 28.1 Å². The standard InChI is InChI=1S/C19H26BrNO4/c1-19(2,3)25-18(24)21-9-7-14(8-10-21)16(17(22)23)12-13-5-4-6-15(20)11-13/h4-6,11,14,16H,7-10,12H2,1-3H3,(H,22,23)/t16-/m0/s1. The Morgan fingerprint density at radius 2 is 1.96 bits per heavy atom. The Kier molecular flexibility index (Phi) is 6.49. The van der Waals surface area contributed by atoms with Crippen LogP contribution in [0.1, 0.15) is 39.2 Å². The molecule has 1 atom stereocenters. The van der Waals surface area contributed by atoms with E-state index in [1.807, 2.05) is 45.0 Å². The van der Waals surface area contributed by atoms with Gasteiger partial charge in [-0.3, -0.25) is 4.79 Å². The van der Waals surface area contributed by atoms with Gasteiger partial charge < -0.3 is 14.7 Å². The fraction of sp³-hybridized carbons (Fsp3) is 0.579. The predicted octanol–water partition coefficient (Wildman–Crippen LogP) is 4.34. The lowest BCUT2D eigenvalue weighted by Crippen LogP contribution is -2.44. The number of hydrogen-bond donors (Lipinski definition) is 1. The lowest BCUT2D eigenvalue weighted by Gasteiger charge is -2.35. The fourth-order valence-electron chi connectivity index (χ4n) is 3.18. The van der Waals surface area contributed by atoms with Crippen molar-refractivity contribution in [3.8, 4) is 0 Å². The maximum Gasteiger partial charge on any atom is 0.410 e. The van der Waals surface area contributed by atoms with Crippen LogP contribution in [0.5, 0.6) is 0 Å². The molecule has 1 saturated heterocycles. The quantitative estimate of drug-likeness (QED) is 0.799. The lowest BCUT2D eigenvalue weighted by atomic mass is 9.81. The smallest absolute Gasteiger partial charge is 0.410 e. The Balaban J connectivity index is 1.96. The number of amides is 1. The summed E-state index contributed by atoms with van der Waals surface area (Å²) in [6, 6.07) is 7.77. The van der Waals surface area contributed by atoms with E-state index in [1.165, 1.54) is 0 Å². The average molecular weight is 412 g/mol. The van der Waals surface area contributed by atoms with E-state index in [-0.39, 0.29) is 12.0 Å². The van der Waals surface area contributed by atoms with Crippen LogP contribution in [0.3, 0.4) is 0 Å². The van der Waals surface area contributed by atoms with Crippen molar-refractivity contribution in [1.82, 2.24) is 4.90 Å². The third-order valence-electron chi connectivity index (χ3n) is 4.42. The van der Waals surface area contributed by atoms with Gasteiger partial charge in [0.25, 0.3) is 0 Å². The molecule has 0 spiro atoms. The molecule has 1 aromatic carbocycles. The molecule has 2 rings (SSSR count). The largest absolute Gasteiger partial charge is 0.481 e. The number of carboxylic acids is 1. The molecule has 1 aromatic rings. The molecule has 0 aromatic heterocycles. The molecule has 1 heterocycles. The molecule has 1 aliphatic rings. The van der Waals surface area contributed by atoms with E-state index in [1.54, 1.807) is 4.90 Å². The Labute approximate surface area is 157 Å². The molecule has 0 radical (unpaired) electrons. The molecule has 0 saturated carbocycles. The molecule has 0 bridgehead atoms. The van der Waals surface area contributed by atoms with Gasteiger partial charge in [0.1, 0.15) is 5.60 Å². The van der Waals surface area contributed by atoms with Crippen LogP contribution in [0.15, 0.2) is 28.7 Å². The summed E-state index contributed by atoms with van der Waals surface area (Å²) in [5.74, 6) is -1.14. The summed E-state index contributed by atoms with van der Waals surface area (Å²) in [6.07, 6.45) is 1.56. The fourth-order valence-corrected chi connectivity index (χ4v) is 3.63. The van der Waals surface area contributed by atoms with Gasteiger partial charge in [-0.25, -0.2) is 4.79 Å². The average Bonchev–Trinajstić information content (AvgIpc) is 2.51. The van der Waals surface area contributed by atoms with Gasteiger partial charge in [0.05, 0.1) is 5.92 Å². The maximum atomic E-state index is 12.1. The number of ether oxygens (including phenoxy) is 1. The highest BCUT2D eigenvalue weighted by atomic mass is 79.9. The van der Waals surface area contributed by atoms with Crippen molar-refractivity contribution in [3.63, 3.8) is 0 Å². The second-order valence-corrected chi connectivity index (χ2v) is 8.50. The third-order valence-corrected chi connectivity index (χ3v) is 4.92. The summed E-state index contributed by atoms with van der Waals surface area (Å²) in [5, 5.41) is 9.67. The third kappa shape index (κ3) is 6.03. The first kappa shape index (κ1) is 19.8. The number of aliphatic carboxylic acids is 1. The molecular weight excluding hydrogens is 386 g/mol. The van der Waals surface area contributed by atoms with Crippen LogP contribution in [0.4, 0.5) is 4.79 Å². The van der Waals surface area contributed by atoms with Crippen LogP contribution in [0.25, 0.3) is 0 Å². The van der Waals surface area contributed by atoms with E-state index in [2.05, 4.69) is 15.9 Å². The minimum atomic E-state index is -0.768. The minimum Gasteiger partial charge on any atom is -0.481 e. The minimum absolute atomic E-state index is 0.0650. The summed E-state index contributed by atoms with van der Waals surface area (Å²) in [5.41, 5.74) is 0.495. The molecule has 1 N–H and O–H groups in total. The first-order valence-electron chi connectivity index (χ1n) is 8.61. The molecule has 25 heavy (non-hydrogen) atoms. The summed E-state index contributed by atoms with van der Waals surface area (Å²) in [6.45, 7) is 6.62. The number of halogens is 1. The number of hydrogen-bond acceptors (Lipinski definition) is 3. The van der Waals surface area contributed by atoms with Crippen molar-refractivity contribution < 1.29 is 19.4 Å². The number of carbonyl (C=O) groups is 2. The van der Waals surface area contributed by atoms with Crippen LogP contribution >= 0.6 is 15.9 Å². The highest BCUT2D eigenvalue weighted by molar-refractivity contribution is 9.10. The lowest BCUT2D eigenvalue weighted by molar-refractivity contribution is -0.144. The molecule has 6 heteroatoms. The molecule has 0 aliphatic carbocycles. The second kappa shape index (κ2) is 8.21. The van der Waals surface area contributed by atoms with Gasteiger partial charge in [0.15, 0.2) is 0 Å². The molecule has 1 amide bonds. The van der Waals surface area contributed by atoms with Crippen LogP contribution in [-0.4, -0.2) is 40.8 Å². The normalized spacial score (nSPS) is 17.2. The van der Waals surface area contributed by atoms with Gasteiger partial charge in [-0.2, -0.15) is 0 Å². The van der Waals surface area contributed by atoms with Crippen molar-refractivity contribution in [1.29, 1.82) is 0 Å². The maximum absolute atomic E-state index is 12.1. The zero-order valence-corrected chi connectivity index (χ0v) is 16.6. The topological polar surface area (TPSA) is 66.8 Å². The molecule has 1 aliphatic heterocycles. The summed E-state index contributed by atoms with van der Waals surface area (Å²) in [4.78, 5) is 25.6. The zero-order valence-electron chi connectivity index (χ0n) is 15.0. The van der Waals surface area contributed by atoms with Crippen molar-refractivity contribution in [2.24, 2.45) is 11.8 Å². The van der Waals surface area contributed by atoms with E-state index < -0.39 is 17.5 Å². The van der Waals surface area contributed by atoms with Gasteiger partial charge in [-0.15, -0.1) is 0 Å². The second-order valence-electron chi connectivity index (χ2n) is 7.58. The van der Waals surface area contributed by atoms with Gasteiger partial charge in [0.2, 0.25) is 0 Å². The summed E-state index contributed by atoms with van der Waals surface area (Å²) in [7, 11) is 0. The molecule has 5 nitrogen and oxygen atoms in total. The van der Waals surface area contributed by atoms with E-state index >= 15 is 0 Å². The molecular formula is C19H26BrNO4. The van der Waals surface area contributed by atoms with Crippen molar-refractivity contribution in [3.05, 3.63) is 34.3 Å². The highest BCUT2D eigenvalue weighted by Crippen LogP contribution is 2.29. The Morgan fingerprint density at radius 3 is 2.48 bits per heavy atom. The number of carbonyl (C=O) groups excluding carboxylic acids is 1. The number of rotatable bonds is 4. The predicted molar refractivity (Wildman–Crippen MR) is 99.5 cm³/mol. The van der Waals surface area contributed by atoms with Crippen LogP contribution in [-0.2, 0) is 16.0 Å². The van der Waals surface area contributed by atoms with Gasteiger partial charge in [0, 0.05) is 17.6 Å². The van der Waals surface area contributed by atoms with E-state index in [0.29, 0.717) is 32.4 Å².